The Morgan fingerprint density at radius 1 is 1.50 bits per heavy atom. The summed E-state index contributed by atoms with van der Waals surface area (Å²) in [6, 6.07) is 1.90. The van der Waals surface area contributed by atoms with E-state index in [0.717, 1.165) is 10.1 Å². The number of fused-ring (bicyclic) bond motifs is 1. The van der Waals surface area contributed by atoms with Crippen molar-refractivity contribution >= 4 is 27.4 Å². The van der Waals surface area contributed by atoms with E-state index in [9.17, 15) is 0 Å². The van der Waals surface area contributed by atoms with E-state index in [2.05, 4.69) is 9.36 Å². The van der Waals surface area contributed by atoms with E-state index < -0.39 is 0 Å². The molecule has 2 rings (SSSR count). The molecule has 0 amide bonds. The highest BCUT2D eigenvalue weighted by Crippen LogP contribution is 2.21. The fourth-order valence-electron chi connectivity index (χ4n) is 0.817. The first-order chi connectivity index (χ1) is 4.88. The molecule has 0 bridgehead atoms. The van der Waals surface area contributed by atoms with E-state index in [1.807, 2.05) is 6.07 Å². The van der Waals surface area contributed by atoms with Gasteiger partial charge in [0, 0.05) is 17.8 Å². The van der Waals surface area contributed by atoms with E-state index in [0.29, 0.717) is 5.82 Å². The van der Waals surface area contributed by atoms with Gasteiger partial charge in [-0.2, -0.15) is 4.37 Å². The summed E-state index contributed by atoms with van der Waals surface area (Å²) < 4.78 is 4.96. The van der Waals surface area contributed by atoms with Crippen molar-refractivity contribution in [2.24, 2.45) is 0 Å². The quantitative estimate of drug-likeness (QED) is 0.617. The third kappa shape index (κ3) is 0.657. The number of rotatable bonds is 0. The normalized spacial score (nSPS) is 10.4. The molecule has 2 aromatic heterocycles. The van der Waals surface area contributed by atoms with Gasteiger partial charge in [-0.15, -0.1) is 0 Å². The zero-order valence-electron chi connectivity index (χ0n) is 5.11. The second-order valence-electron chi connectivity index (χ2n) is 1.94. The molecule has 0 aliphatic carbocycles. The van der Waals surface area contributed by atoms with E-state index in [4.69, 9.17) is 5.73 Å². The summed E-state index contributed by atoms with van der Waals surface area (Å²) >= 11 is 1.38. The van der Waals surface area contributed by atoms with Gasteiger partial charge in [0.1, 0.15) is 5.82 Å². The van der Waals surface area contributed by atoms with Crippen molar-refractivity contribution in [2.75, 3.05) is 5.73 Å². The van der Waals surface area contributed by atoms with Crippen molar-refractivity contribution in [2.45, 2.75) is 0 Å². The third-order valence-electron chi connectivity index (χ3n) is 1.30. The molecule has 10 heavy (non-hydrogen) atoms. The minimum absolute atomic E-state index is 0.569. The maximum atomic E-state index is 5.56. The van der Waals surface area contributed by atoms with Crippen molar-refractivity contribution in [1.82, 2.24) is 9.36 Å². The Kier molecular flexibility index (Phi) is 1.07. The van der Waals surface area contributed by atoms with Gasteiger partial charge in [-0.05, 0) is 17.6 Å². The molecule has 0 unspecified atom stereocenters. The number of nitrogens with two attached hydrogens (primary N) is 1. The zero-order valence-corrected chi connectivity index (χ0v) is 5.93. The minimum atomic E-state index is 0.569. The van der Waals surface area contributed by atoms with Gasteiger partial charge in [0.15, 0.2) is 0 Å². The van der Waals surface area contributed by atoms with Crippen LogP contribution < -0.4 is 5.73 Å². The van der Waals surface area contributed by atoms with Crippen LogP contribution in [-0.4, -0.2) is 9.36 Å². The Hall–Kier alpha value is -1.16. The summed E-state index contributed by atoms with van der Waals surface area (Å²) in [5, 5.41) is 1.07. The van der Waals surface area contributed by atoms with E-state index >= 15 is 0 Å². The van der Waals surface area contributed by atoms with Crippen LogP contribution in [-0.2, 0) is 0 Å². The number of hydrogen-bond acceptors (Lipinski definition) is 4. The van der Waals surface area contributed by atoms with Gasteiger partial charge in [0.05, 0.1) is 4.70 Å². The van der Waals surface area contributed by atoms with Crippen LogP contribution in [0.4, 0.5) is 5.82 Å². The van der Waals surface area contributed by atoms with Crippen molar-refractivity contribution in [3.63, 3.8) is 0 Å². The molecule has 4 heteroatoms. The van der Waals surface area contributed by atoms with Crippen LogP contribution >= 0.6 is 11.5 Å². The summed E-state index contributed by atoms with van der Waals surface area (Å²) in [6.45, 7) is 0. The number of anilines is 1. The SMILES string of the molecule is Nc1nccc2cnsc12. The Bertz CT molecular complexity index is 355. The monoisotopic (exact) mass is 151 g/mol. The molecule has 0 saturated carbocycles. The van der Waals surface area contributed by atoms with Crippen LogP contribution in [0, 0.1) is 0 Å². The molecule has 0 saturated heterocycles. The van der Waals surface area contributed by atoms with Crippen molar-refractivity contribution in [3.8, 4) is 0 Å². The molecular formula is C6H5N3S. The van der Waals surface area contributed by atoms with Gasteiger partial charge in [0.2, 0.25) is 0 Å². The first-order valence-corrected chi connectivity index (χ1v) is 3.60. The Labute approximate surface area is 61.7 Å². The largest absolute Gasteiger partial charge is 0.382 e. The number of aromatic nitrogens is 2. The van der Waals surface area contributed by atoms with Gasteiger partial charge in [-0.1, -0.05) is 0 Å². The standard InChI is InChI=1S/C6H5N3S/c7-6-5-4(1-2-8-6)3-9-10-5/h1-3H,(H2,7,8). The second-order valence-corrected chi connectivity index (χ2v) is 2.74. The lowest BCUT2D eigenvalue weighted by molar-refractivity contribution is 1.38. The van der Waals surface area contributed by atoms with Crippen LogP contribution in [0.3, 0.4) is 0 Å². The van der Waals surface area contributed by atoms with Crippen molar-refractivity contribution < 1.29 is 0 Å². The Balaban J connectivity index is 2.95. The van der Waals surface area contributed by atoms with Crippen LogP contribution in [0.25, 0.3) is 10.1 Å². The second kappa shape index (κ2) is 1.91. The van der Waals surface area contributed by atoms with E-state index in [1.54, 1.807) is 12.4 Å². The maximum absolute atomic E-state index is 5.56. The highest BCUT2D eigenvalue weighted by Gasteiger charge is 1.98. The molecule has 50 valence electrons. The zero-order chi connectivity index (χ0) is 6.97. The average molecular weight is 151 g/mol. The smallest absolute Gasteiger partial charge is 0.142 e. The lowest BCUT2D eigenvalue weighted by atomic mass is 10.3. The summed E-state index contributed by atoms with van der Waals surface area (Å²) in [7, 11) is 0. The number of hydrogen-bond donors (Lipinski definition) is 1. The van der Waals surface area contributed by atoms with Gasteiger partial charge in [-0.25, -0.2) is 4.98 Å². The van der Waals surface area contributed by atoms with Crippen LogP contribution in [0.2, 0.25) is 0 Å². The average Bonchev–Trinajstić information content (AvgIpc) is 2.36. The topological polar surface area (TPSA) is 51.8 Å². The van der Waals surface area contributed by atoms with Crippen LogP contribution in [0.1, 0.15) is 0 Å². The predicted molar refractivity (Wildman–Crippen MR) is 41.8 cm³/mol. The van der Waals surface area contributed by atoms with Crippen LogP contribution in [0.15, 0.2) is 18.5 Å². The molecule has 2 heterocycles. The molecule has 0 fully saturated rings. The van der Waals surface area contributed by atoms with Gasteiger partial charge < -0.3 is 5.73 Å². The Morgan fingerprint density at radius 3 is 3.20 bits per heavy atom. The molecule has 0 aliphatic heterocycles. The molecule has 0 spiro atoms. The lowest BCUT2D eigenvalue weighted by Crippen LogP contribution is -1.86. The fraction of sp³-hybridized carbons (Fsp3) is 0. The summed E-state index contributed by atoms with van der Waals surface area (Å²) in [4.78, 5) is 3.93. The first kappa shape index (κ1) is 5.61. The predicted octanol–water partition coefficient (Wildman–Crippen LogP) is 1.27. The molecule has 0 aromatic carbocycles. The van der Waals surface area contributed by atoms with Gasteiger partial charge in [0.25, 0.3) is 0 Å². The van der Waals surface area contributed by atoms with E-state index in [1.165, 1.54) is 11.5 Å². The van der Waals surface area contributed by atoms with Crippen molar-refractivity contribution in [3.05, 3.63) is 18.5 Å². The van der Waals surface area contributed by atoms with Crippen molar-refractivity contribution in [1.29, 1.82) is 0 Å². The molecule has 2 aromatic rings. The number of nitrogens with zero attached hydrogens (tertiary/aromatic N) is 2. The highest BCUT2D eigenvalue weighted by atomic mass is 32.1. The van der Waals surface area contributed by atoms with E-state index in [-0.39, 0.29) is 0 Å². The first-order valence-electron chi connectivity index (χ1n) is 2.83. The minimum Gasteiger partial charge on any atom is -0.382 e. The number of pyridine rings is 1. The molecule has 0 radical (unpaired) electrons. The number of nitrogen functional groups attached to an aromatic ring is 1. The summed E-state index contributed by atoms with van der Waals surface area (Å²) in [5.41, 5.74) is 5.56. The highest BCUT2D eigenvalue weighted by molar-refractivity contribution is 7.13. The molecule has 0 atom stereocenters. The molecule has 3 nitrogen and oxygen atoms in total. The molecular weight excluding hydrogens is 146 g/mol. The van der Waals surface area contributed by atoms with Gasteiger partial charge in [-0.3, -0.25) is 0 Å². The third-order valence-corrected chi connectivity index (χ3v) is 2.14. The maximum Gasteiger partial charge on any atom is 0.142 e. The summed E-state index contributed by atoms with van der Waals surface area (Å²) in [5.74, 6) is 0.569. The lowest BCUT2D eigenvalue weighted by Gasteiger charge is -1.89. The summed E-state index contributed by atoms with van der Waals surface area (Å²) in [6.07, 6.45) is 3.48. The Morgan fingerprint density at radius 2 is 2.40 bits per heavy atom. The van der Waals surface area contributed by atoms with Crippen LogP contribution in [0.5, 0.6) is 0 Å². The van der Waals surface area contributed by atoms with Gasteiger partial charge >= 0.3 is 0 Å². The molecule has 0 aliphatic rings. The molecule has 2 N–H and O–H groups in total. The fourth-order valence-corrected chi connectivity index (χ4v) is 1.46.